The lowest BCUT2D eigenvalue weighted by atomic mass is 10.2. The predicted octanol–water partition coefficient (Wildman–Crippen LogP) is 5.27. The maximum atomic E-state index is 5.41. The fourth-order valence-corrected chi connectivity index (χ4v) is 4.15. The van der Waals surface area contributed by atoms with Crippen LogP contribution in [0, 0.1) is 0 Å². The predicted molar refractivity (Wildman–Crippen MR) is 107 cm³/mol. The normalized spacial score (nSPS) is 10.5. The summed E-state index contributed by atoms with van der Waals surface area (Å²) in [6.45, 7) is 0. The van der Waals surface area contributed by atoms with Gasteiger partial charge in [0, 0.05) is 21.8 Å². The molecule has 1 heterocycles. The van der Waals surface area contributed by atoms with E-state index in [9.17, 15) is 0 Å². The van der Waals surface area contributed by atoms with E-state index in [1.807, 2.05) is 36.5 Å². The third-order valence-corrected chi connectivity index (χ3v) is 5.61. The van der Waals surface area contributed by atoms with Gasteiger partial charge in [0.1, 0.15) is 5.01 Å². The minimum atomic E-state index is 0.673. The molecule has 5 nitrogen and oxygen atoms in total. The molecule has 0 radical (unpaired) electrons. The SMILES string of the molecule is COc1ccc(-c2ncc(-c3cc(OC)c(OC)cc3Br)s2)cc1OC. The van der Waals surface area contributed by atoms with Crippen molar-refractivity contribution in [3.05, 3.63) is 41.0 Å². The van der Waals surface area contributed by atoms with Crippen LogP contribution in [0.2, 0.25) is 0 Å². The topological polar surface area (TPSA) is 49.8 Å². The second-order valence-corrected chi connectivity index (χ2v) is 7.17. The van der Waals surface area contributed by atoms with Gasteiger partial charge in [-0.15, -0.1) is 11.3 Å². The monoisotopic (exact) mass is 435 g/mol. The molecular formula is C19H18BrNO4S. The van der Waals surface area contributed by atoms with Crippen LogP contribution in [0.25, 0.3) is 21.0 Å². The summed E-state index contributed by atoms with van der Waals surface area (Å²) in [5, 5.41) is 0.891. The Hall–Kier alpha value is -2.25. The number of nitrogens with zero attached hydrogens (tertiary/aromatic N) is 1. The van der Waals surface area contributed by atoms with Gasteiger partial charge in [-0.2, -0.15) is 0 Å². The Morgan fingerprint density at radius 3 is 2.08 bits per heavy atom. The van der Waals surface area contributed by atoms with Gasteiger partial charge in [-0.3, -0.25) is 0 Å². The fraction of sp³-hybridized carbons (Fsp3) is 0.211. The summed E-state index contributed by atoms with van der Waals surface area (Å²) in [5.41, 5.74) is 1.96. The van der Waals surface area contributed by atoms with Crippen LogP contribution in [0.1, 0.15) is 0 Å². The number of rotatable bonds is 6. The summed E-state index contributed by atoms with van der Waals surface area (Å²) < 4.78 is 22.3. The molecule has 26 heavy (non-hydrogen) atoms. The number of hydrogen-bond donors (Lipinski definition) is 0. The maximum absolute atomic E-state index is 5.41. The molecule has 0 aliphatic carbocycles. The largest absolute Gasteiger partial charge is 0.493 e. The van der Waals surface area contributed by atoms with Crippen molar-refractivity contribution in [2.75, 3.05) is 28.4 Å². The van der Waals surface area contributed by atoms with Crippen molar-refractivity contribution in [1.29, 1.82) is 0 Å². The molecule has 0 amide bonds. The first-order valence-corrected chi connectivity index (χ1v) is 9.32. The molecular weight excluding hydrogens is 418 g/mol. The van der Waals surface area contributed by atoms with Crippen LogP contribution >= 0.6 is 27.3 Å². The van der Waals surface area contributed by atoms with E-state index in [0.717, 1.165) is 25.5 Å². The van der Waals surface area contributed by atoms with Gasteiger partial charge < -0.3 is 18.9 Å². The standard InChI is InChI=1S/C19H18BrNO4S/c1-22-14-6-5-11(7-15(14)23-2)19-21-10-18(26-19)12-8-16(24-3)17(25-4)9-13(12)20/h5-10H,1-4H3. The van der Waals surface area contributed by atoms with Gasteiger partial charge in [-0.05, 0) is 46.3 Å². The average Bonchev–Trinajstić information content (AvgIpc) is 3.16. The van der Waals surface area contributed by atoms with Gasteiger partial charge >= 0.3 is 0 Å². The zero-order chi connectivity index (χ0) is 18.7. The smallest absolute Gasteiger partial charge is 0.161 e. The van der Waals surface area contributed by atoms with Crippen LogP contribution < -0.4 is 18.9 Å². The van der Waals surface area contributed by atoms with Gasteiger partial charge in [0.2, 0.25) is 0 Å². The van der Waals surface area contributed by atoms with Crippen LogP contribution in [0.5, 0.6) is 23.0 Å². The third kappa shape index (κ3) is 3.50. The molecule has 0 saturated heterocycles. The van der Waals surface area contributed by atoms with E-state index in [4.69, 9.17) is 18.9 Å². The summed E-state index contributed by atoms with van der Waals surface area (Å²) in [5.74, 6) is 2.71. The van der Waals surface area contributed by atoms with E-state index in [1.165, 1.54) is 0 Å². The van der Waals surface area contributed by atoms with Crippen LogP contribution in [-0.2, 0) is 0 Å². The first-order chi connectivity index (χ1) is 12.6. The summed E-state index contributed by atoms with van der Waals surface area (Å²) in [7, 11) is 6.48. The number of halogens is 1. The van der Waals surface area contributed by atoms with Crippen LogP contribution in [0.3, 0.4) is 0 Å². The van der Waals surface area contributed by atoms with Gasteiger partial charge in [0.25, 0.3) is 0 Å². The molecule has 3 rings (SSSR count). The van der Waals surface area contributed by atoms with Gasteiger partial charge in [0.05, 0.1) is 33.3 Å². The highest BCUT2D eigenvalue weighted by Gasteiger charge is 2.15. The zero-order valence-electron chi connectivity index (χ0n) is 14.8. The minimum absolute atomic E-state index is 0.673. The van der Waals surface area contributed by atoms with Crippen molar-refractivity contribution in [1.82, 2.24) is 4.98 Å². The van der Waals surface area contributed by atoms with Gasteiger partial charge in [-0.25, -0.2) is 4.98 Å². The molecule has 0 aliphatic rings. The van der Waals surface area contributed by atoms with Gasteiger partial charge in [-0.1, -0.05) is 0 Å². The Morgan fingerprint density at radius 1 is 0.808 bits per heavy atom. The van der Waals surface area contributed by atoms with E-state index >= 15 is 0 Å². The molecule has 0 aliphatic heterocycles. The second-order valence-electron chi connectivity index (χ2n) is 5.29. The number of aromatic nitrogens is 1. The zero-order valence-corrected chi connectivity index (χ0v) is 17.2. The van der Waals surface area contributed by atoms with Crippen molar-refractivity contribution < 1.29 is 18.9 Å². The summed E-state index contributed by atoms with van der Waals surface area (Å²) >= 11 is 5.19. The van der Waals surface area contributed by atoms with Gasteiger partial charge in [0.15, 0.2) is 23.0 Å². The highest BCUT2D eigenvalue weighted by atomic mass is 79.9. The number of benzene rings is 2. The van der Waals surface area contributed by atoms with Crippen molar-refractivity contribution in [2.45, 2.75) is 0 Å². The number of methoxy groups -OCH3 is 4. The first kappa shape index (κ1) is 18.5. The summed E-state index contributed by atoms with van der Waals surface area (Å²) in [4.78, 5) is 5.58. The summed E-state index contributed by atoms with van der Waals surface area (Å²) in [6.07, 6.45) is 1.85. The highest BCUT2D eigenvalue weighted by molar-refractivity contribution is 9.10. The number of ether oxygens (including phenoxy) is 4. The van der Waals surface area contributed by atoms with E-state index in [0.29, 0.717) is 23.0 Å². The average molecular weight is 436 g/mol. The molecule has 0 unspecified atom stereocenters. The minimum Gasteiger partial charge on any atom is -0.493 e. The van der Waals surface area contributed by atoms with Crippen LogP contribution in [-0.4, -0.2) is 33.4 Å². The first-order valence-electron chi connectivity index (χ1n) is 7.71. The second kappa shape index (κ2) is 7.97. The van der Waals surface area contributed by atoms with Crippen molar-refractivity contribution in [2.24, 2.45) is 0 Å². The molecule has 0 fully saturated rings. The molecule has 0 saturated carbocycles. The maximum Gasteiger partial charge on any atom is 0.161 e. The highest BCUT2D eigenvalue weighted by Crippen LogP contribution is 2.42. The molecule has 1 aromatic heterocycles. The molecule has 0 atom stereocenters. The van der Waals surface area contributed by atoms with Crippen LogP contribution in [0.4, 0.5) is 0 Å². The van der Waals surface area contributed by atoms with Crippen molar-refractivity contribution >= 4 is 27.3 Å². The Bertz CT molecular complexity index is 926. The molecule has 136 valence electrons. The lowest BCUT2D eigenvalue weighted by molar-refractivity contribution is 0.355. The van der Waals surface area contributed by atoms with Crippen molar-refractivity contribution in [3.63, 3.8) is 0 Å². The number of hydrogen-bond acceptors (Lipinski definition) is 6. The van der Waals surface area contributed by atoms with E-state index in [2.05, 4.69) is 20.9 Å². The molecule has 0 spiro atoms. The molecule has 0 bridgehead atoms. The molecule has 2 aromatic carbocycles. The van der Waals surface area contributed by atoms with Crippen molar-refractivity contribution in [3.8, 4) is 44.0 Å². The lowest BCUT2D eigenvalue weighted by Gasteiger charge is -2.10. The third-order valence-electron chi connectivity index (χ3n) is 3.87. The van der Waals surface area contributed by atoms with E-state index in [1.54, 1.807) is 39.8 Å². The van der Waals surface area contributed by atoms with E-state index < -0.39 is 0 Å². The Kier molecular flexibility index (Phi) is 5.68. The quantitative estimate of drug-likeness (QED) is 0.527. The Labute approximate surface area is 164 Å². The Morgan fingerprint density at radius 2 is 1.42 bits per heavy atom. The Balaban J connectivity index is 2.01. The molecule has 0 N–H and O–H groups in total. The lowest BCUT2D eigenvalue weighted by Crippen LogP contribution is -1.91. The molecule has 7 heteroatoms. The van der Waals surface area contributed by atoms with E-state index in [-0.39, 0.29) is 0 Å². The number of thiazole rings is 1. The molecule has 3 aromatic rings. The van der Waals surface area contributed by atoms with Crippen LogP contribution in [0.15, 0.2) is 41.0 Å². The fourth-order valence-electron chi connectivity index (χ4n) is 2.54. The summed E-state index contributed by atoms with van der Waals surface area (Å²) in [6, 6.07) is 9.60.